The Bertz CT molecular complexity index is 846. The Hall–Kier alpha value is -1.44. The van der Waals surface area contributed by atoms with Gasteiger partial charge in [-0.2, -0.15) is 18.3 Å². The van der Waals surface area contributed by atoms with Gasteiger partial charge in [0.1, 0.15) is 0 Å². The lowest BCUT2D eigenvalue weighted by molar-refractivity contribution is -0.141. The van der Waals surface area contributed by atoms with Gasteiger partial charge in [-0.25, -0.2) is 0 Å². The summed E-state index contributed by atoms with van der Waals surface area (Å²) in [4.78, 5) is 2.23. The predicted octanol–water partition coefficient (Wildman–Crippen LogP) is 5.10. The van der Waals surface area contributed by atoms with Crippen molar-refractivity contribution >= 4 is 28.9 Å². The topological polar surface area (TPSA) is 41.3 Å². The van der Waals surface area contributed by atoms with Gasteiger partial charge in [0, 0.05) is 23.8 Å². The summed E-state index contributed by atoms with van der Waals surface area (Å²) in [5, 5.41) is 14.5. The molecule has 1 N–H and O–H groups in total. The second-order valence-corrected chi connectivity index (χ2v) is 8.04. The van der Waals surface area contributed by atoms with Crippen molar-refractivity contribution in [2.75, 3.05) is 18.0 Å². The van der Waals surface area contributed by atoms with Crippen LogP contribution in [-0.2, 0) is 12.7 Å². The Morgan fingerprint density at radius 1 is 1.21 bits per heavy atom. The zero-order valence-electron chi connectivity index (χ0n) is 15.6. The fourth-order valence-corrected chi connectivity index (χ4v) is 3.94. The van der Waals surface area contributed by atoms with Gasteiger partial charge in [0.05, 0.1) is 23.4 Å². The molecular formula is C19H22Cl2F3N3O. The van der Waals surface area contributed by atoms with Crippen LogP contribution in [0.25, 0.3) is 0 Å². The first-order valence-electron chi connectivity index (χ1n) is 9.07. The third-order valence-corrected chi connectivity index (χ3v) is 6.23. The van der Waals surface area contributed by atoms with E-state index >= 15 is 0 Å². The van der Waals surface area contributed by atoms with Crippen LogP contribution in [0.5, 0.6) is 0 Å². The third-order valence-electron chi connectivity index (χ3n) is 5.35. The van der Waals surface area contributed by atoms with Crippen molar-refractivity contribution in [1.29, 1.82) is 0 Å². The zero-order valence-corrected chi connectivity index (χ0v) is 17.1. The molecule has 1 aliphatic heterocycles. The van der Waals surface area contributed by atoms with Crippen molar-refractivity contribution < 1.29 is 18.3 Å². The molecule has 1 aliphatic rings. The van der Waals surface area contributed by atoms with E-state index in [-0.39, 0.29) is 18.2 Å². The van der Waals surface area contributed by atoms with E-state index in [1.807, 2.05) is 25.1 Å². The summed E-state index contributed by atoms with van der Waals surface area (Å²) in [6.07, 6.45) is -3.92. The number of aryl methyl sites for hydroxylation is 1. The summed E-state index contributed by atoms with van der Waals surface area (Å²) in [7, 11) is 0. The second kappa shape index (κ2) is 8.13. The summed E-state index contributed by atoms with van der Waals surface area (Å²) in [6, 6.07) is 5.88. The maximum atomic E-state index is 13.0. The normalized spacial score (nSPS) is 17.2. The van der Waals surface area contributed by atoms with Crippen molar-refractivity contribution in [3.63, 3.8) is 0 Å². The largest absolute Gasteiger partial charge is 0.436 e. The first-order valence-corrected chi connectivity index (χ1v) is 9.82. The number of aliphatic hydroxyl groups is 1. The molecule has 0 bridgehead atoms. The van der Waals surface area contributed by atoms with E-state index in [9.17, 15) is 18.3 Å². The minimum Gasteiger partial charge on any atom is -0.391 e. The molecule has 1 aromatic carbocycles. The molecule has 1 saturated heterocycles. The number of hydrogen-bond acceptors (Lipinski definition) is 3. The molecule has 1 fully saturated rings. The molecule has 1 atom stereocenters. The van der Waals surface area contributed by atoms with E-state index in [1.165, 1.54) is 6.92 Å². The van der Waals surface area contributed by atoms with Crippen LogP contribution in [0.1, 0.15) is 29.8 Å². The van der Waals surface area contributed by atoms with E-state index in [2.05, 4.69) is 10.00 Å². The fourth-order valence-electron chi connectivity index (χ4n) is 3.58. The van der Waals surface area contributed by atoms with Crippen molar-refractivity contribution in [2.45, 2.75) is 45.5 Å². The number of nitrogens with zero attached hydrogens (tertiary/aromatic N) is 3. The molecule has 0 aliphatic carbocycles. The minimum absolute atomic E-state index is 0.00759. The molecule has 4 nitrogen and oxygen atoms in total. The highest BCUT2D eigenvalue weighted by molar-refractivity contribution is 6.32. The van der Waals surface area contributed by atoms with Crippen LogP contribution in [0.3, 0.4) is 0 Å². The highest BCUT2D eigenvalue weighted by Gasteiger charge is 2.38. The highest BCUT2D eigenvalue weighted by Crippen LogP contribution is 2.36. The van der Waals surface area contributed by atoms with Gasteiger partial charge in [-0.1, -0.05) is 23.2 Å². The van der Waals surface area contributed by atoms with Gasteiger partial charge in [0.2, 0.25) is 0 Å². The lowest BCUT2D eigenvalue weighted by Crippen LogP contribution is -2.39. The maximum absolute atomic E-state index is 13.0. The molecule has 9 heteroatoms. The quantitative estimate of drug-likeness (QED) is 0.725. The molecule has 1 unspecified atom stereocenters. The summed E-state index contributed by atoms with van der Waals surface area (Å²) in [6.45, 7) is 4.94. The van der Waals surface area contributed by atoms with Crippen molar-refractivity contribution in [2.24, 2.45) is 5.92 Å². The predicted molar refractivity (Wildman–Crippen MR) is 104 cm³/mol. The number of aliphatic hydroxyl groups excluding tert-OH is 1. The van der Waals surface area contributed by atoms with Crippen LogP contribution >= 0.6 is 23.2 Å². The average Bonchev–Trinajstić information content (AvgIpc) is 2.92. The number of rotatable bonds is 4. The third kappa shape index (κ3) is 4.42. The lowest BCUT2D eigenvalue weighted by atomic mass is 9.91. The van der Waals surface area contributed by atoms with E-state index in [4.69, 9.17) is 23.2 Å². The van der Waals surface area contributed by atoms with Gasteiger partial charge in [-0.15, -0.1) is 0 Å². The van der Waals surface area contributed by atoms with Gasteiger partial charge >= 0.3 is 6.18 Å². The van der Waals surface area contributed by atoms with Gasteiger partial charge < -0.3 is 10.0 Å². The Labute approximate surface area is 171 Å². The standard InChI is InChI=1S/C19H22Cl2F3N3O/c1-11-9-14(3-4-15(11)20)26-7-5-13(6-8-26)16(28)10-27-12(2)17(21)18(25-27)19(22,23)24/h3-4,9,13,16,28H,5-8,10H2,1-2H3. The average molecular weight is 436 g/mol. The molecule has 28 heavy (non-hydrogen) atoms. The summed E-state index contributed by atoms with van der Waals surface area (Å²) in [5.41, 5.74) is 1.20. The van der Waals surface area contributed by atoms with Crippen molar-refractivity contribution in [3.05, 3.63) is 45.2 Å². The molecule has 2 aromatic rings. The number of benzene rings is 1. The molecular weight excluding hydrogens is 414 g/mol. The Morgan fingerprint density at radius 2 is 1.86 bits per heavy atom. The highest BCUT2D eigenvalue weighted by atomic mass is 35.5. The first kappa shape index (κ1) is 21.3. The molecule has 3 rings (SSSR count). The van der Waals surface area contributed by atoms with Gasteiger partial charge in [-0.05, 0) is 56.4 Å². The monoisotopic (exact) mass is 435 g/mol. The summed E-state index contributed by atoms with van der Waals surface area (Å²) in [5.74, 6) is -0.0126. The summed E-state index contributed by atoms with van der Waals surface area (Å²) >= 11 is 11.9. The van der Waals surface area contributed by atoms with Crippen molar-refractivity contribution in [1.82, 2.24) is 9.78 Å². The SMILES string of the molecule is Cc1cc(N2CCC(C(O)Cn3nc(C(F)(F)F)c(Cl)c3C)CC2)ccc1Cl. The summed E-state index contributed by atoms with van der Waals surface area (Å²) < 4.78 is 40.0. The fraction of sp³-hybridized carbons (Fsp3) is 0.526. The van der Waals surface area contributed by atoms with Crippen LogP contribution in [0.4, 0.5) is 18.9 Å². The maximum Gasteiger partial charge on any atom is 0.436 e. The Morgan fingerprint density at radius 3 is 2.39 bits per heavy atom. The number of piperidine rings is 1. The lowest BCUT2D eigenvalue weighted by Gasteiger charge is -2.36. The second-order valence-electron chi connectivity index (χ2n) is 7.25. The first-order chi connectivity index (χ1) is 13.1. The van der Waals surface area contributed by atoms with E-state index in [0.717, 1.165) is 46.9 Å². The molecule has 2 heterocycles. The van der Waals surface area contributed by atoms with Crippen LogP contribution < -0.4 is 4.90 Å². The van der Waals surface area contributed by atoms with E-state index < -0.39 is 23.0 Å². The van der Waals surface area contributed by atoms with Crippen LogP contribution in [0.2, 0.25) is 10.0 Å². The van der Waals surface area contributed by atoms with E-state index in [1.54, 1.807) is 0 Å². The number of halogens is 5. The smallest absolute Gasteiger partial charge is 0.391 e. The van der Waals surface area contributed by atoms with Crippen LogP contribution in [0, 0.1) is 19.8 Å². The molecule has 154 valence electrons. The molecule has 0 amide bonds. The zero-order chi connectivity index (χ0) is 20.6. The van der Waals surface area contributed by atoms with Gasteiger partial charge in [0.25, 0.3) is 0 Å². The molecule has 0 saturated carbocycles. The van der Waals surface area contributed by atoms with Gasteiger partial charge in [0.15, 0.2) is 5.69 Å². The van der Waals surface area contributed by atoms with Crippen LogP contribution in [0.15, 0.2) is 18.2 Å². The van der Waals surface area contributed by atoms with Gasteiger partial charge in [-0.3, -0.25) is 4.68 Å². The minimum atomic E-state index is -4.61. The number of hydrogen-bond donors (Lipinski definition) is 1. The molecule has 1 aromatic heterocycles. The van der Waals surface area contributed by atoms with E-state index in [0.29, 0.717) is 0 Å². The Kier molecular flexibility index (Phi) is 6.17. The van der Waals surface area contributed by atoms with Crippen molar-refractivity contribution in [3.8, 4) is 0 Å². The molecule has 0 radical (unpaired) electrons. The number of aromatic nitrogens is 2. The molecule has 0 spiro atoms. The number of anilines is 1. The Balaban J connectivity index is 1.63. The van der Waals surface area contributed by atoms with Crippen LogP contribution in [-0.4, -0.2) is 34.1 Å². The number of alkyl halides is 3.